The molecule has 0 radical (unpaired) electrons. The highest BCUT2D eigenvalue weighted by Crippen LogP contribution is 2.36. The lowest BCUT2D eigenvalue weighted by Crippen LogP contribution is -2.32. The number of amides is 2. The Labute approximate surface area is 199 Å². The molecule has 0 atom stereocenters. The SMILES string of the molecule is COc1ccc(NC2=C(c3ccc(C)cc3)C(=O)N(c3ccc(N(C)C)cc3)C2=O)cc1OC. The minimum atomic E-state index is -0.423. The number of nitrogens with one attached hydrogen (secondary N) is 1. The van der Waals surface area contributed by atoms with E-state index in [1.165, 1.54) is 4.90 Å². The maximum Gasteiger partial charge on any atom is 0.282 e. The van der Waals surface area contributed by atoms with Gasteiger partial charge in [-0.25, -0.2) is 4.90 Å². The summed E-state index contributed by atoms with van der Waals surface area (Å²) < 4.78 is 10.7. The van der Waals surface area contributed by atoms with Gasteiger partial charge in [0.15, 0.2) is 11.5 Å². The molecule has 1 heterocycles. The van der Waals surface area contributed by atoms with E-state index in [1.807, 2.05) is 62.3 Å². The standard InChI is InChI=1S/C27H27N3O4/c1-17-6-8-18(9-7-17)24-25(28-19-10-15-22(33-4)23(16-19)34-5)27(32)30(26(24)31)21-13-11-20(12-14-21)29(2)3/h6-16,28H,1-5H3. The van der Waals surface area contributed by atoms with E-state index >= 15 is 0 Å². The number of hydrogen-bond donors (Lipinski definition) is 1. The Morgan fingerprint density at radius 1 is 0.794 bits per heavy atom. The highest BCUT2D eigenvalue weighted by Gasteiger charge is 2.40. The van der Waals surface area contributed by atoms with Gasteiger partial charge < -0.3 is 19.7 Å². The van der Waals surface area contributed by atoms with E-state index in [-0.39, 0.29) is 11.6 Å². The number of carbonyl (C=O) groups is 2. The second kappa shape index (κ2) is 9.31. The molecule has 0 fully saturated rings. The van der Waals surface area contributed by atoms with Crippen molar-refractivity contribution in [3.63, 3.8) is 0 Å². The first-order valence-electron chi connectivity index (χ1n) is 10.8. The van der Waals surface area contributed by atoms with E-state index in [9.17, 15) is 9.59 Å². The summed E-state index contributed by atoms with van der Waals surface area (Å²) in [5.41, 5.74) is 4.33. The maximum absolute atomic E-state index is 13.6. The molecular formula is C27H27N3O4. The lowest BCUT2D eigenvalue weighted by Gasteiger charge is -2.18. The van der Waals surface area contributed by atoms with Gasteiger partial charge in [0.2, 0.25) is 0 Å². The van der Waals surface area contributed by atoms with Gasteiger partial charge in [0.1, 0.15) is 5.70 Å². The zero-order valence-corrected chi connectivity index (χ0v) is 19.9. The van der Waals surface area contributed by atoms with Gasteiger partial charge in [-0.1, -0.05) is 29.8 Å². The van der Waals surface area contributed by atoms with Crippen LogP contribution in [0.15, 0.2) is 72.4 Å². The van der Waals surface area contributed by atoms with Gasteiger partial charge in [-0.3, -0.25) is 9.59 Å². The predicted molar refractivity (Wildman–Crippen MR) is 135 cm³/mol. The quantitative estimate of drug-likeness (QED) is 0.528. The Balaban J connectivity index is 1.78. The largest absolute Gasteiger partial charge is 0.493 e. The zero-order chi connectivity index (χ0) is 24.4. The molecule has 1 aliphatic rings. The molecule has 0 bridgehead atoms. The molecule has 3 aromatic carbocycles. The number of imide groups is 1. The van der Waals surface area contributed by atoms with Crippen LogP contribution in [-0.4, -0.2) is 40.1 Å². The van der Waals surface area contributed by atoms with Crippen molar-refractivity contribution < 1.29 is 19.1 Å². The fourth-order valence-corrected chi connectivity index (χ4v) is 3.83. The van der Waals surface area contributed by atoms with Crippen LogP contribution in [0.2, 0.25) is 0 Å². The zero-order valence-electron chi connectivity index (χ0n) is 19.9. The molecule has 174 valence electrons. The van der Waals surface area contributed by atoms with Crippen LogP contribution in [0.4, 0.5) is 17.1 Å². The van der Waals surface area contributed by atoms with E-state index in [0.29, 0.717) is 34.0 Å². The lowest BCUT2D eigenvalue weighted by atomic mass is 10.0. The number of rotatable bonds is 7. The van der Waals surface area contributed by atoms with Crippen molar-refractivity contribution in [3.05, 3.63) is 83.6 Å². The summed E-state index contributed by atoms with van der Waals surface area (Å²) >= 11 is 0. The number of ether oxygens (including phenoxy) is 2. The molecule has 3 aromatic rings. The van der Waals surface area contributed by atoms with Crippen LogP contribution in [0.5, 0.6) is 11.5 Å². The number of benzene rings is 3. The molecule has 0 aliphatic carbocycles. The summed E-state index contributed by atoms with van der Waals surface area (Å²) in [7, 11) is 6.97. The van der Waals surface area contributed by atoms with E-state index in [2.05, 4.69) is 5.32 Å². The summed E-state index contributed by atoms with van der Waals surface area (Å²) in [5, 5.41) is 3.16. The summed E-state index contributed by atoms with van der Waals surface area (Å²) in [6.45, 7) is 1.97. The average Bonchev–Trinajstić information content (AvgIpc) is 3.08. The van der Waals surface area contributed by atoms with E-state index in [0.717, 1.165) is 11.3 Å². The topological polar surface area (TPSA) is 71.1 Å². The van der Waals surface area contributed by atoms with Gasteiger partial charge in [0, 0.05) is 31.5 Å². The lowest BCUT2D eigenvalue weighted by molar-refractivity contribution is -0.120. The first-order valence-corrected chi connectivity index (χ1v) is 10.8. The van der Waals surface area contributed by atoms with Crippen molar-refractivity contribution in [3.8, 4) is 11.5 Å². The van der Waals surface area contributed by atoms with Crippen LogP contribution in [0.1, 0.15) is 11.1 Å². The van der Waals surface area contributed by atoms with Crippen molar-refractivity contribution in [1.29, 1.82) is 0 Å². The van der Waals surface area contributed by atoms with Crippen molar-refractivity contribution >= 4 is 34.4 Å². The van der Waals surface area contributed by atoms with Crippen molar-refractivity contribution in [2.45, 2.75) is 6.92 Å². The normalized spacial score (nSPS) is 13.4. The molecule has 4 rings (SSSR count). The first kappa shape index (κ1) is 22.9. The number of methoxy groups -OCH3 is 2. The molecule has 0 saturated heterocycles. The van der Waals surface area contributed by atoms with Gasteiger partial charge in [-0.15, -0.1) is 0 Å². The van der Waals surface area contributed by atoms with Crippen LogP contribution in [0.25, 0.3) is 5.57 Å². The number of anilines is 3. The molecule has 0 spiro atoms. The van der Waals surface area contributed by atoms with Crippen LogP contribution in [0.3, 0.4) is 0 Å². The summed E-state index contributed by atoms with van der Waals surface area (Å²) in [6, 6.07) is 20.1. The van der Waals surface area contributed by atoms with Crippen molar-refractivity contribution in [2.75, 3.05) is 43.4 Å². The van der Waals surface area contributed by atoms with E-state index in [1.54, 1.807) is 44.6 Å². The molecule has 7 heteroatoms. The fourth-order valence-electron chi connectivity index (χ4n) is 3.83. The smallest absolute Gasteiger partial charge is 0.282 e. The highest BCUT2D eigenvalue weighted by molar-refractivity contribution is 6.46. The van der Waals surface area contributed by atoms with Gasteiger partial charge >= 0.3 is 0 Å². The summed E-state index contributed by atoms with van der Waals surface area (Å²) in [5.74, 6) is 0.275. The van der Waals surface area contributed by atoms with E-state index < -0.39 is 5.91 Å². The number of hydrogen-bond acceptors (Lipinski definition) is 6. The molecule has 0 aromatic heterocycles. The van der Waals surface area contributed by atoms with Crippen molar-refractivity contribution in [2.24, 2.45) is 0 Å². The maximum atomic E-state index is 13.6. The first-order chi connectivity index (χ1) is 16.3. The van der Waals surface area contributed by atoms with Gasteiger partial charge in [0.25, 0.3) is 11.8 Å². The predicted octanol–water partition coefficient (Wildman–Crippen LogP) is 4.47. The average molecular weight is 458 g/mol. The second-order valence-corrected chi connectivity index (χ2v) is 8.17. The Morgan fingerprint density at radius 3 is 2.03 bits per heavy atom. The van der Waals surface area contributed by atoms with Gasteiger partial charge in [-0.05, 0) is 48.9 Å². The Hall–Kier alpha value is -4.26. The molecule has 7 nitrogen and oxygen atoms in total. The Bertz CT molecular complexity index is 1260. The third-order valence-electron chi connectivity index (χ3n) is 5.70. The van der Waals surface area contributed by atoms with Crippen LogP contribution in [0, 0.1) is 6.92 Å². The van der Waals surface area contributed by atoms with E-state index in [4.69, 9.17) is 9.47 Å². The van der Waals surface area contributed by atoms with Gasteiger partial charge in [-0.2, -0.15) is 0 Å². The molecule has 34 heavy (non-hydrogen) atoms. The monoisotopic (exact) mass is 457 g/mol. The molecular weight excluding hydrogens is 430 g/mol. The van der Waals surface area contributed by atoms with Crippen LogP contribution in [-0.2, 0) is 9.59 Å². The molecule has 1 aliphatic heterocycles. The van der Waals surface area contributed by atoms with Crippen LogP contribution < -0.4 is 24.6 Å². The minimum absolute atomic E-state index is 0.206. The third-order valence-corrected chi connectivity index (χ3v) is 5.70. The number of nitrogens with zero attached hydrogens (tertiary/aromatic N) is 2. The Kier molecular flexibility index (Phi) is 6.27. The fraction of sp³-hybridized carbons (Fsp3) is 0.185. The second-order valence-electron chi connectivity index (χ2n) is 8.17. The minimum Gasteiger partial charge on any atom is -0.493 e. The molecule has 2 amide bonds. The molecule has 1 N–H and O–H groups in total. The Morgan fingerprint density at radius 2 is 1.44 bits per heavy atom. The highest BCUT2D eigenvalue weighted by atomic mass is 16.5. The molecule has 0 unspecified atom stereocenters. The van der Waals surface area contributed by atoms with Crippen molar-refractivity contribution in [1.82, 2.24) is 0 Å². The van der Waals surface area contributed by atoms with Gasteiger partial charge in [0.05, 0.1) is 25.5 Å². The number of aryl methyl sites for hydroxylation is 1. The summed E-state index contributed by atoms with van der Waals surface area (Å²) in [4.78, 5) is 30.3. The number of carbonyl (C=O) groups excluding carboxylic acids is 2. The molecule has 0 saturated carbocycles. The third kappa shape index (κ3) is 4.20. The summed E-state index contributed by atoms with van der Waals surface area (Å²) in [6.07, 6.45) is 0. The van der Waals surface area contributed by atoms with Crippen LogP contribution >= 0.6 is 0 Å².